The third-order valence-corrected chi connectivity index (χ3v) is 6.19. The monoisotopic (exact) mass is 464 g/mol. The number of benzene rings is 2. The molecule has 0 radical (unpaired) electrons. The molecular formula is C24H24N4O4S. The summed E-state index contributed by atoms with van der Waals surface area (Å²) in [5.41, 5.74) is 3.91. The first-order chi connectivity index (χ1) is 15.8. The number of aryl methyl sites for hydroxylation is 3. The van der Waals surface area contributed by atoms with Gasteiger partial charge in [-0.3, -0.25) is 9.59 Å². The van der Waals surface area contributed by atoms with Gasteiger partial charge in [0.25, 0.3) is 5.56 Å². The Morgan fingerprint density at radius 1 is 1.06 bits per heavy atom. The zero-order chi connectivity index (χ0) is 23.7. The van der Waals surface area contributed by atoms with Gasteiger partial charge >= 0.3 is 0 Å². The van der Waals surface area contributed by atoms with Crippen LogP contribution in [0.25, 0.3) is 21.5 Å². The number of hydrogen-bond acceptors (Lipinski definition) is 7. The summed E-state index contributed by atoms with van der Waals surface area (Å²) in [7, 11) is 3.12. The average molecular weight is 465 g/mol. The van der Waals surface area contributed by atoms with Gasteiger partial charge in [-0.2, -0.15) is 5.10 Å². The van der Waals surface area contributed by atoms with Crippen molar-refractivity contribution < 1.29 is 14.3 Å². The maximum atomic E-state index is 13.1. The first-order valence-electron chi connectivity index (χ1n) is 10.3. The third kappa shape index (κ3) is 4.45. The molecule has 33 heavy (non-hydrogen) atoms. The molecule has 170 valence electrons. The Kier molecular flexibility index (Phi) is 6.15. The average Bonchev–Trinajstić information content (AvgIpc) is 3.19. The Morgan fingerprint density at radius 2 is 1.82 bits per heavy atom. The molecule has 0 aliphatic rings. The predicted molar refractivity (Wildman–Crippen MR) is 129 cm³/mol. The van der Waals surface area contributed by atoms with E-state index in [-0.39, 0.29) is 18.0 Å². The van der Waals surface area contributed by atoms with E-state index < -0.39 is 5.56 Å². The fraction of sp³-hybridized carbons (Fsp3) is 0.250. The molecule has 0 aliphatic heterocycles. The van der Waals surface area contributed by atoms with Crippen LogP contribution in [0.4, 0.5) is 5.69 Å². The van der Waals surface area contributed by atoms with Crippen molar-refractivity contribution in [3.05, 3.63) is 62.9 Å². The van der Waals surface area contributed by atoms with Gasteiger partial charge in [-0.25, -0.2) is 9.67 Å². The molecule has 0 spiro atoms. The number of amides is 1. The van der Waals surface area contributed by atoms with E-state index in [1.807, 2.05) is 45.0 Å². The van der Waals surface area contributed by atoms with E-state index in [1.54, 1.807) is 26.4 Å². The van der Waals surface area contributed by atoms with Gasteiger partial charge in [0.05, 0.1) is 23.9 Å². The number of nitrogens with zero attached hydrogens (tertiary/aromatic N) is 3. The minimum absolute atomic E-state index is 0.237. The number of anilines is 1. The highest BCUT2D eigenvalue weighted by molar-refractivity contribution is 7.19. The number of fused-ring (bicyclic) bond motifs is 1. The van der Waals surface area contributed by atoms with Crippen molar-refractivity contribution in [1.82, 2.24) is 14.8 Å². The first kappa shape index (κ1) is 22.5. The Labute approximate surface area is 194 Å². The molecule has 1 amide bonds. The number of carbonyl (C=O) groups excluding carboxylic acids is 1. The van der Waals surface area contributed by atoms with Crippen LogP contribution >= 0.6 is 11.3 Å². The molecule has 4 aromatic rings. The molecule has 2 heterocycles. The standard InChI is InChI=1S/C24H24N4O4S/c1-13-6-8-17(14(2)10-13)26-20(29)12-28-24(30)22-23(33-15(3)25-22)21(27-28)16-7-9-18(31-4)19(11-16)32-5/h6-11H,12H2,1-5H3,(H,26,29). The maximum absolute atomic E-state index is 13.1. The summed E-state index contributed by atoms with van der Waals surface area (Å²) in [4.78, 5) is 30.3. The lowest BCUT2D eigenvalue weighted by Gasteiger charge is -2.12. The van der Waals surface area contributed by atoms with Gasteiger partial charge in [0.1, 0.15) is 12.2 Å². The minimum Gasteiger partial charge on any atom is -0.493 e. The van der Waals surface area contributed by atoms with E-state index in [9.17, 15) is 9.59 Å². The van der Waals surface area contributed by atoms with Crippen LogP contribution in [-0.4, -0.2) is 34.9 Å². The quantitative estimate of drug-likeness (QED) is 0.462. The van der Waals surface area contributed by atoms with Gasteiger partial charge in [-0.05, 0) is 50.6 Å². The zero-order valence-corrected chi connectivity index (χ0v) is 19.9. The lowest BCUT2D eigenvalue weighted by molar-refractivity contribution is -0.117. The van der Waals surface area contributed by atoms with Gasteiger partial charge in [0.2, 0.25) is 5.91 Å². The molecule has 0 saturated carbocycles. The van der Waals surface area contributed by atoms with E-state index in [4.69, 9.17) is 9.47 Å². The molecule has 2 aromatic heterocycles. The highest BCUT2D eigenvalue weighted by Crippen LogP contribution is 2.35. The number of carbonyl (C=O) groups is 1. The molecule has 4 rings (SSSR count). The summed E-state index contributed by atoms with van der Waals surface area (Å²) in [6.45, 7) is 5.51. The fourth-order valence-corrected chi connectivity index (χ4v) is 4.54. The lowest BCUT2D eigenvalue weighted by Crippen LogP contribution is -2.30. The molecule has 0 unspecified atom stereocenters. The second-order valence-corrected chi connectivity index (χ2v) is 8.86. The summed E-state index contributed by atoms with van der Waals surface area (Å²) in [5.74, 6) is 0.775. The summed E-state index contributed by atoms with van der Waals surface area (Å²) < 4.78 is 12.6. The van der Waals surface area contributed by atoms with Crippen LogP contribution in [0.15, 0.2) is 41.2 Å². The number of aromatic nitrogens is 3. The smallest absolute Gasteiger partial charge is 0.294 e. The minimum atomic E-state index is -0.408. The van der Waals surface area contributed by atoms with Crippen LogP contribution in [0, 0.1) is 20.8 Å². The van der Waals surface area contributed by atoms with E-state index >= 15 is 0 Å². The number of rotatable bonds is 6. The van der Waals surface area contributed by atoms with Crippen molar-refractivity contribution in [2.24, 2.45) is 0 Å². The van der Waals surface area contributed by atoms with Crippen molar-refractivity contribution in [1.29, 1.82) is 0 Å². The molecule has 0 bridgehead atoms. The molecule has 0 atom stereocenters. The van der Waals surface area contributed by atoms with Crippen molar-refractivity contribution in [2.75, 3.05) is 19.5 Å². The second kappa shape index (κ2) is 9.03. The number of hydrogen-bond donors (Lipinski definition) is 1. The molecule has 0 fully saturated rings. The SMILES string of the molecule is COc1ccc(-c2nn(CC(=O)Nc3ccc(C)cc3C)c(=O)c3nc(C)sc23)cc1OC. The lowest BCUT2D eigenvalue weighted by atomic mass is 10.1. The molecule has 0 saturated heterocycles. The summed E-state index contributed by atoms with van der Waals surface area (Å²) in [5, 5.41) is 8.16. The van der Waals surface area contributed by atoms with E-state index in [2.05, 4.69) is 15.4 Å². The maximum Gasteiger partial charge on any atom is 0.294 e. The topological polar surface area (TPSA) is 95.3 Å². The van der Waals surface area contributed by atoms with Crippen LogP contribution in [0.3, 0.4) is 0 Å². The second-order valence-electron chi connectivity index (χ2n) is 7.66. The van der Waals surface area contributed by atoms with Crippen LogP contribution in [-0.2, 0) is 11.3 Å². The first-order valence-corrected chi connectivity index (χ1v) is 11.1. The largest absolute Gasteiger partial charge is 0.493 e. The fourth-order valence-electron chi connectivity index (χ4n) is 3.63. The van der Waals surface area contributed by atoms with Crippen LogP contribution < -0.4 is 20.3 Å². The highest BCUT2D eigenvalue weighted by atomic mass is 32.1. The van der Waals surface area contributed by atoms with Crippen molar-refractivity contribution in [2.45, 2.75) is 27.3 Å². The van der Waals surface area contributed by atoms with Gasteiger partial charge in [0.15, 0.2) is 17.0 Å². The Balaban J connectivity index is 1.76. The van der Waals surface area contributed by atoms with Crippen LogP contribution in [0.5, 0.6) is 11.5 Å². The number of methoxy groups -OCH3 is 2. The van der Waals surface area contributed by atoms with Crippen molar-refractivity contribution in [3.8, 4) is 22.8 Å². The molecule has 8 nitrogen and oxygen atoms in total. The van der Waals surface area contributed by atoms with Gasteiger partial charge < -0.3 is 14.8 Å². The van der Waals surface area contributed by atoms with Crippen molar-refractivity contribution >= 4 is 33.1 Å². The van der Waals surface area contributed by atoms with Gasteiger partial charge in [-0.15, -0.1) is 11.3 Å². The molecule has 1 N–H and O–H groups in total. The normalized spacial score (nSPS) is 10.9. The Morgan fingerprint density at radius 3 is 2.52 bits per heavy atom. The summed E-state index contributed by atoms with van der Waals surface area (Å²) >= 11 is 1.39. The van der Waals surface area contributed by atoms with Gasteiger partial charge in [0, 0.05) is 11.3 Å². The molecule has 2 aromatic carbocycles. The molecule has 9 heteroatoms. The molecule has 0 aliphatic carbocycles. The zero-order valence-electron chi connectivity index (χ0n) is 19.1. The summed E-state index contributed by atoms with van der Waals surface area (Å²) in [6, 6.07) is 11.2. The Hall–Kier alpha value is -3.72. The summed E-state index contributed by atoms with van der Waals surface area (Å²) in [6.07, 6.45) is 0. The van der Waals surface area contributed by atoms with E-state index in [0.717, 1.165) is 26.4 Å². The van der Waals surface area contributed by atoms with Crippen molar-refractivity contribution in [3.63, 3.8) is 0 Å². The van der Waals surface area contributed by atoms with E-state index in [1.165, 1.54) is 11.3 Å². The highest BCUT2D eigenvalue weighted by Gasteiger charge is 2.19. The molecular weight excluding hydrogens is 440 g/mol. The third-order valence-electron chi connectivity index (χ3n) is 5.21. The Bertz CT molecular complexity index is 1420. The number of thiazole rings is 1. The predicted octanol–water partition coefficient (Wildman–Crippen LogP) is 4.10. The number of nitrogens with one attached hydrogen (secondary N) is 1. The number of ether oxygens (including phenoxy) is 2. The van der Waals surface area contributed by atoms with E-state index in [0.29, 0.717) is 27.6 Å². The van der Waals surface area contributed by atoms with Crippen LogP contribution in [0.1, 0.15) is 16.1 Å². The van der Waals surface area contributed by atoms with Gasteiger partial charge in [-0.1, -0.05) is 17.7 Å². The van der Waals surface area contributed by atoms with Crippen LogP contribution in [0.2, 0.25) is 0 Å².